The van der Waals surface area contributed by atoms with E-state index in [1.54, 1.807) is 32.3 Å². The van der Waals surface area contributed by atoms with Gasteiger partial charge in [0, 0.05) is 31.4 Å². The Morgan fingerprint density at radius 3 is 2.58 bits per heavy atom. The first-order valence-electron chi connectivity index (χ1n) is 8.37. The molecule has 140 valence electrons. The van der Waals surface area contributed by atoms with Gasteiger partial charge in [0.15, 0.2) is 5.11 Å². The molecule has 1 fully saturated rings. The number of alkyl halides is 2. The summed E-state index contributed by atoms with van der Waals surface area (Å²) in [6.45, 7) is -1.10. The predicted octanol–water partition coefficient (Wildman–Crippen LogP) is 3.04. The topological polar surface area (TPSA) is 44.8 Å². The Morgan fingerprint density at radius 1 is 1.35 bits per heavy atom. The normalized spacial score (nSPS) is 20.3. The number of allylic oxidation sites excluding steroid dienone is 1. The van der Waals surface area contributed by atoms with Crippen LogP contribution in [0.4, 0.5) is 8.78 Å². The predicted molar refractivity (Wildman–Crippen MR) is 97.8 cm³/mol. The molecule has 0 aromatic heterocycles. The highest BCUT2D eigenvalue weighted by molar-refractivity contribution is 7.80. The monoisotopic (exact) mass is 381 g/mol. The van der Waals surface area contributed by atoms with Crippen LogP contribution in [-0.2, 0) is 4.79 Å². The number of carbonyl (C=O) groups is 1. The van der Waals surface area contributed by atoms with Crippen molar-refractivity contribution in [2.75, 3.05) is 14.1 Å². The summed E-state index contributed by atoms with van der Waals surface area (Å²) in [5.74, 6) is -0.167. The average Bonchev–Trinajstić information content (AvgIpc) is 3.38. The molecule has 0 bridgehead atoms. The molecule has 0 saturated heterocycles. The zero-order valence-corrected chi connectivity index (χ0v) is 15.6. The molecule has 0 unspecified atom stereocenters. The number of hydrogen-bond donors (Lipinski definition) is 1. The molecule has 1 saturated carbocycles. The number of likely N-dealkylation sites (N-methyl/N-ethyl adjacent to an activating group) is 1. The maximum absolute atomic E-state index is 12.9. The number of nitrogens with one attached hydrogen (secondary N) is 1. The zero-order valence-electron chi connectivity index (χ0n) is 14.8. The van der Waals surface area contributed by atoms with Gasteiger partial charge in [-0.05, 0) is 38.0 Å². The number of ether oxygens (including phenoxy) is 1. The minimum atomic E-state index is -2.95. The van der Waals surface area contributed by atoms with Crippen LogP contribution < -0.4 is 10.1 Å². The Bertz CT molecular complexity index is 763. The smallest absolute Gasteiger partial charge is 0.387 e. The van der Waals surface area contributed by atoms with E-state index in [9.17, 15) is 13.6 Å². The SMILES string of the molecule is CC1=C(C(=O)N(C)C)[C@@H](c2ccccc2OC(F)F)NC(=S)N1C1CC1. The van der Waals surface area contributed by atoms with Crippen molar-refractivity contribution in [1.82, 2.24) is 15.1 Å². The van der Waals surface area contributed by atoms with E-state index in [1.807, 2.05) is 11.8 Å². The van der Waals surface area contributed by atoms with Crippen LogP contribution in [0.15, 0.2) is 35.5 Å². The molecule has 1 aromatic rings. The molecule has 1 N–H and O–H groups in total. The first-order valence-corrected chi connectivity index (χ1v) is 8.78. The van der Waals surface area contributed by atoms with Crippen LogP contribution in [-0.4, -0.2) is 47.6 Å². The third-order valence-electron chi connectivity index (χ3n) is 4.52. The molecule has 1 aliphatic carbocycles. The number of hydrogen-bond acceptors (Lipinski definition) is 3. The van der Waals surface area contributed by atoms with Crippen molar-refractivity contribution >= 4 is 23.2 Å². The van der Waals surface area contributed by atoms with Crippen LogP contribution in [0.1, 0.15) is 31.4 Å². The van der Waals surface area contributed by atoms with E-state index in [4.69, 9.17) is 12.2 Å². The van der Waals surface area contributed by atoms with Crippen LogP contribution >= 0.6 is 12.2 Å². The first-order chi connectivity index (χ1) is 12.3. The van der Waals surface area contributed by atoms with Crippen molar-refractivity contribution in [3.63, 3.8) is 0 Å². The summed E-state index contributed by atoms with van der Waals surface area (Å²) in [5, 5.41) is 3.66. The van der Waals surface area contributed by atoms with Crippen LogP contribution in [0.5, 0.6) is 5.75 Å². The van der Waals surface area contributed by atoms with Gasteiger partial charge in [-0.15, -0.1) is 0 Å². The van der Waals surface area contributed by atoms with Gasteiger partial charge in [-0.25, -0.2) is 0 Å². The molecular weight excluding hydrogens is 360 g/mol. The van der Waals surface area contributed by atoms with Gasteiger partial charge in [0.1, 0.15) is 5.75 Å². The number of amides is 1. The van der Waals surface area contributed by atoms with E-state index in [-0.39, 0.29) is 17.7 Å². The number of halogens is 2. The molecule has 1 aliphatic heterocycles. The largest absolute Gasteiger partial charge is 0.434 e. The Hall–Kier alpha value is -2.22. The van der Waals surface area contributed by atoms with E-state index >= 15 is 0 Å². The summed E-state index contributed by atoms with van der Waals surface area (Å²) < 4.78 is 30.3. The molecule has 1 atom stereocenters. The summed E-state index contributed by atoms with van der Waals surface area (Å²) in [5.41, 5.74) is 1.70. The van der Waals surface area contributed by atoms with E-state index in [0.29, 0.717) is 16.2 Å². The standard InChI is InChI=1S/C18H21F2N3O2S/c1-10-14(16(24)22(2)3)15(21-18(26)23(10)11-8-9-11)12-6-4-5-7-13(12)25-17(19)20/h4-7,11,15,17H,8-9H2,1-3H3,(H,21,26)/t15-/m1/s1. The summed E-state index contributed by atoms with van der Waals surface area (Å²) >= 11 is 5.50. The van der Waals surface area contributed by atoms with Crippen LogP contribution in [0.3, 0.4) is 0 Å². The van der Waals surface area contributed by atoms with Crippen LogP contribution in [0.2, 0.25) is 0 Å². The van der Waals surface area contributed by atoms with E-state index in [0.717, 1.165) is 18.5 Å². The summed E-state index contributed by atoms with van der Waals surface area (Å²) in [6.07, 6.45) is 2.02. The average molecular weight is 381 g/mol. The highest BCUT2D eigenvalue weighted by atomic mass is 32.1. The fourth-order valence-corrected chi connectivity index (χ4v) is 3.61. The number of nitrogens with zero attached hydrogens (tertiary/aromatic N) is 2. The van der Waals surface area contributed by atoms with Crippen molar-refractivity contribution in [2.24, 2.45) is 0 Å². The van der Waals surface area contributed by atoms with Gasteiger partial charge < -0.3 is 19.9 Å². The van der Waals surface area contributed by atoms with Crippen molar-refractivity contribution in [1.29, 1.82) is 0 Å². The molecule has 1 amide bonds. The van der Waals surface area contributed by atoms with Gasteiger partial charge in [-0.2, -0.15) is 8.78 Å². The van der Waals surface area contributed by atoms with Gasteiger partial charge >= 0.3 is 6.61 Å². The number of benzene rings is 1. The number of carbonyl (C=O) groups excluding carboxylic acids is 1. The third-order valence-corrected chi connectivity index (χ3v) is 4.84. The Labute approximate surface area is 156 Å². The molecule has 8 heteroatoms. The van der Waals surface area contributed by atoms with Gasteiger partial charge in [0.05, 0.1) is 11.6 Å². The summed E-state index contributed by atoms with van der Waals surface area (Å²) in [6, 6.07) is 6.10. The lowest BCUT2D eigenvalue weighted by molar-refractivity contribution is -0.125. The fraction of sp³-hybridized carbons (Fsp3) is 0.444. The number of para-hydroxylation sites is 1. The molecule has 1 heterocycles. The summed E-state index contributed by atoms with van der Waals surface area (Å²) in [7, 11) is 3.32. The van der Waals surface area contributed by atoms with Gasteiger partial charge in [-0.1, -0.05) is 18.2 Å². The van der Waals surface area contributed by atoms with Crippen LogP contribution in [0.25, 0.3) is 0 Å². The Morgan fingerprint density at radius 2 is 2.00 bits per heavy atom. The second kappa shape index (κ2) is 7.19. The van der Waals surface area contributed by atoms with Crippen LogP contribution in [0, 0.1) is 0 Å². The van der Waals surface area contributed by atoms with Crippen molar-refractivity contribution in [2.45, 2.75) is 38.5 Å². The minimum absolute atomic E-state index is 0.0273. The lowest BCUT2D eigenvalue weighted by atomic mass is 9.93. The quantitative estimate of drug-likeness (QED) is 0.795. The maximum atomic E-state index is 12.9. The Kier molecular flexibility index (Phi) is 5.13. The molecule has 2 aliphatic rings. The summed E-state index contributed by atoms with van der Waals surface area (Å²) in [4.78, 5) is 16.3. The molecule has 1 aromatic carbocycles. The zero-order chi connectivity index (χ0) is 19.0. The third kappa shape index (κ3) is 3.51. The molecule has 3 rings (SSSR count). The first kappa shape index (κ1) is 18.6. The van der Waals surface area contributed by atoms with E-state index in [2.05, 4.69) is 10.1 Å². The minimum Gasteiger partial charge on any atom is -0.434 e. The van der Waals surface area contributed by atoms with Gasteiger partial charge in [0.25, 0.3) is 5.91 Å². The molecule has 0 radical (unpaired) electrons. The van der Waals surface area contributed by atoms with Crippen molar-refractivity contribution in [3.05, 3.63) is 41.1 Å². The highest BCUT2D eigenvalue weighted by Gasteiger charge is 2.41. The number of thiocarbonyl (C=S) groups is 1. The molecule has 5 nitrogen and oxygen atoms in total. The van der Waals surface area contributed by atoms with Gasteiger partial charge in [0.2, 0.25) is 0 Å². The van der Waals surface area contributed by atoms with E-state index in [1.165, 1.54) is 11.0 Å². The molecule has 26 heavy (non-hydrogen) atoms. The van der Waals surface area contributed by atoms with Crippen molar-refractivity contribution in [3.8, 4) is 5.75 Å². The van der Waals surface area contributed by atoms with E-state index < -0.39 is 12.7 Å². The second-order valence-electron chi connectivity index (χ2n) is 6.60. The van der Waals surface area contributed by atoms with Gasteiger partial charge in [-0.3, -0.25) is 4.79 Å². The molecular formula is C18H21F2N3O2S. The lowest BCUT2D eigenvalue weighted by Gasteiger charge is -2.39. The molecule has 0 spiro atoms. The van der Waals surface area contributed by atoms with Crippen molar-refractivity contribution < 1.29 is 18.3 Å². The fourth-order valence-electron chi connectivity index (χ4n) is 3.20. The lowest BCUT2D eigenvalue weighted by Crippen LogP contribution is -2.49. The maximum Gasteiger partial charge on any atom is 0.387 e. The Balaban J connectivity index is 2.10. The number of rotatable bonds is 5. The second-order valence-corrected chi connectivity index (χ2v) is 6.99. The highest BCUT2D eigenvalue weighted by Crippen LogP contribution is 2.40.